The number of aliphatic imine (C=N–C) groups is 1. The summed E-state index contributed by atoms with van der Waals surface area (Å²) in [6.07, 6.45) is 6.54. The van der Waals surface area contributed by atoms with E-state index in [1.165, 1.54) is 19.3 Å². The Balaban J connectivity index is 0.00000208. The summed E-state index contributed by atoms with van der Waals surface area (Å²) in [6, 6.07) is 0. The summed E-state index contributed by atoms with van der Waals surface area (Å²) in [4.78, 5) is 7.33. The number of hydrogen-bond donors (Lipinski definition) is 2. The van der Waals surface area contributed by atoms with Crippen molar-refractivity contribution in [2.24, 2.45) is 15.8 Å². The van der Waals surface area contributed by atoms with Gasteiger partial charge in [0.15, 0.2) is 5.96 Å². The number of rotatable bonds is 3. The van der Waals surface area contributed by atoms with Crippen molar-refractivity contribution >= 4 is 29.9 Å². The zero-order chi connectivity index (χ0) is 16.3. The van der Waals surface area contributed by atoms with Gasteiger partial charge in [-0.15, -0.1) is 24.0 Å². The number of hydrogen-bond acceptors (Lipinski definition) is 3. The molecule has 0 amide bonds. The molecule has 1 aliphatic carbocycles. The minimum absolute atomic E-state index is 0. The molecule has 2 aliphatic heterocycles. The van der Waals surface area contributed by atoms with Crippen LogP contribution >= 0.6 is 24.0 Å². The summed E-state index contributed by atoms with van der Waals surface area (Å²) < 4.78 is 5.64. The van der Waals surface area contributed by atoms with E-state index in [-0.39, 0.29) is 35.5 Å². The Bertz CT molecular complexity index is 440. The first-order valence-corrected chi connectivity index (χ1v) is 9.36. The van der Waals surface area contributed by atoms with Crippen molar-refractivity contribution in [2.45, 2.75) is 58.5 Å². The molecule has 2 saturated heterocycles. The van der Waals surface area contributed by atoms with Crippen molar-refractivity contribution < 1.29 is 9.84 Å². The van der Waals surface area contributed by atoms with Crippen molar-refractivity contribution in [1.82, 2.24) is 10.2 Å². The molecule has 1 spiro atoms. The fraction of sp³-hybridized carbons (Fsp3) is 0.944. The first-order valence-electron chi connectivity index (χ1n) is 9.36. The number of aliphatic hydroxyl groups excluding tert-OH is 1. The molecule has 3 fully saturated rings. The van der Waals surface area contributed by atoms with Gasteiger partial charge >= 0.3 is 0 Å². The zero-order valence-electron chi connectivity index (χ0n) is 15.2. The van der Waals surface area contributed by atoms with Gasteiger partial charge in [-0.1, -0.05) is 19.8 Å². The highest BCUT2D eigenvalue weighted by atomic mass is 127. The van der Waals surface area contributed by atoms with Gasteiger partial charge in [-0.25, -0.2) is 0 Å². The molecule has 0 radical (unpaired) electrons. The number of nitrogens with zero attached hydrogens (tertiary/aromatic N) is 2. The molecule has 2 N–H and O–H groups in total. The van der Waals surface area contributed by atoms with Crippen LogP contribution in [-0.2, 0) is 4.74 Å². The Morgan fingerprint density at radius 2 is 2.17 bits per heavy atom. The van der Waals surface area contributed by atoms with Crippen LogP contribution in [-0.4, -0.2) is 61.5 Å². The van der Waals surface area contributed by atoms with E-state index >= 15 is 0 Å². The van der Waals surface area contributed by atoms with Crippen LogP contribution in [0.1, 0.15) is 52.4 Å². The number of aliphatic hydroxyl groups is 1. The molecule has 3 aliphatic rings. The summed E-state index contributed by atoms with van der Waals surface area (Å²) in [5, 5.41) is 13.8. The van der Waals surface area contributed by atoms with E-state index < -0.39 is 0 Å². The zero-order valence-corrected chi connectivity index (χ0v) is 17.6. The van der Waals surface area contributed by atoms with Gasteiger partial charge in [0.2, 0.25) is 0 Å². The van der Waals surface area contributed by atoms with Crippen molar-refractivity contribution in [2.75, 3.05) is 39.4 Å². The molecule has 1 saturated carbocycles. The van der Waals surface area contributed by atoms with Crippen molar-refractivity contribution in [3.63, 3.8) is 0 Å². The van der Waals surface area contributed by atoms with E-state index in [9.17, 15) is 5.11 Å². The molecule has 5 nitrogen and oxygen atoms in total. The summed E-state index contributed by atoms with van der Waals surface area (Å²) in [7, 11) is 0. The minimum Gasteiger partial charge on any atom is -0.392 e. The summed E-state index contributed by atoms with van der Waals surface area (Å²) in [5.74, 6) is 1.02. The van der Waals surface area contributed by atoms with E-state index in [0.717, 1.165) is 64.6 Å². The maximum absolute atomic E-state index is 10.4. The van der Waals surface area contributed by atoms with Crippen LogP contribution in [0.2, 0.25) is 0 Å². The lowest BCUT2D eigenvalue weighted by Crippen LogP contribution is -2.43. The Hall–Kier alpha value is -0.0800. The molecule has 0 aromatic heterocycles. The second-order valence-corrected chi connectivity index (χ2v) is 8.06. The number of halogens is 1. The topological polar surface area (TPSA) is 57.1 Å². The van der Waals surface area contributed by atoms with Crippen molar-refractivity contribution in [3.8, 4) is 0 Å². The number of guanidine groups is 1. The second kappa shape index (κ2) is 8.54. The van der Waals surface area contributed by atoms with E-state index in [1.54, 1.807) is 0 Å². The fourth-order valence-corrected chi connectivity index (χ4v) is 4.33. The third-order valence-electron chi connectivity index (χ3n) is 6.13. The third-order valence-corrected chi connectivity index (χ3v) is 6.13. The van der Waals surface area contributed by atoms with Gasteiger partial charge in [0.1, 0.15) is 0 Å². The largest absolute Gasteiger partial charge is 0.392 e. The highest BCUT2D eigenvalue weighted by Gasteiger charge is 2.42. The molecule has 140 valence electrons. The van der Waals surface area contributed by atoms with E-state index in [4.69, 9.17) is 9.73 Å². The van der Waals surface area contributed by atoms with Crippen LogP contribution in [0.5, 0.6) is 0 Å². The first-order chi connectivity index (χ1) is 11.1. The SMILES string of the molecule is CCNC(=NCC1(C)CCCCC1O)N1CCC2(CCOC2)C1.I. The molecular formula is C18H34IN3O2. The quantitative estimate of drug-likeness (QED) is 0.394. The molecule has 0 aromatic carbocycles. The highest BCUT2D eigenvalue weighted by Crippen LogP contribution is 2.39. The standard InChI is InChI=1S/C18H33N3O2.HI/c1-3-19-16(20-12-17(2)7-5-4-6-15(17)22)21-10-8-18(13-21)9-11-23-14-18;/h15,22H,3-14H2,1-2H3,(H,19,20);1H. The minimum atomic E-state index is -0.212. The number of likely N-dealkylation sites (tertiary alicyclic amines) is 1. The first kappa shape index (κ1) is 20.2. The van der Waals surface area contributed by atoms with Crippen LogP contribution in [0.4, 0.5) is 0 Å². The van der Waals surface area contributed by atoms with Gasteiger partial charge in [-0.05, 0) is 32.6 Å². The molecule has 2 heterocycles. The maximum atomic E-state index is 10.4. The fourth-order valence-electron chi connectivity index (χ4n) is 4.33. The molecule has 3 atom stereocenters. The summed E-state index contributed by atoms with van der Waals surface area (Å²) >= 11 is 0. The maximum Gasteiger partial charge on any atom is 0.193 e. The highest BCUT2D eigenvalue weighted by molar-refractivity contribution is 14.0. The second-order valence-electron chi connectivity index (χ2n) is 8.06. The lowest BCUT2D eigenvalue weighted by Gasteiger charge is -2.37. The number of nitrogens with one attached hydrogen (secondary N) is 1. The summed E-state index contributed by atoms with van der Waals surface area (Å²) in [6.45, 7) is 9.85. The van der Waals surface area contributed by atoms with E-state index in [2.05, 4.69) is 24.1 Å². The Kier molecular flexibility index (Phi) is 7.20. The number of ether oxygens (including phenoxy) is 1. The molecule has 3 rings (SSSR count). The van der Waals surface area contributed by atoms with Gasteiger partial charge in [0.25, 0.3) is 0 Å². The Morgan fingerprint density at radius 1 is 1.33 bits per heavy atom. The molecule has 0 bridgehead atoms. The van der Waals surface area contributed by atoms with Crippen LogP contribution in [0.15, 0.2) is 4.99 Å². The average molecular weight is 451 g/mol. The van der Waals surface area contributed by atoms with Gasteiger partial charge in [0.05, 0.1) is 19.3 Å². The van der Waals surface area contributed by atoms with Gasteiger partial charge < -0.3 is 20.1 Å². The Morgan fingerprint density at radius 3 is 2.83 bits per heavy atom. The monoisotopic (exact) mass is 451 g/mol. The van der Waals surface area contributed by atoms with Gasteiger partial charge in [0, 0.05) is 37.1 Å². The predicted octanol–water partition coefficient (Wildman–Crippen LogP) is 2.62. The van der Waals surface area contributed by atoms with Crippen LogP contribution in [0.3, 0.4) is 0 Å². The van der Waals surface area contributed by atoms with E-state index in [1.807, 2.05) is 0 Å². The third kappa shape index (κ3) is 4.36. The molecule has 24 heavy (non-hydrogen) atoms. The van der Waals surface area contributed by atoms with Crippen molar-refractivity contribution in [3.05, 3.63) is 0 Å². The lowest BCUT2D eigenvalue weighted by atomic mass is 9.73. The molecule has 3 unspecified atom stereocenters. The Labute approximate surface area is 163 Å². The summed E-state index contributed by atoms with van der Waals surface area (Å²) in [5.41, 5.74) is 0.289. The van der Waals surface area contributed by atoms with Crippen molar-refractivity contribution in [1.29, 1.82) is 0 Å². The van der Waals surface area contributed by atoms with Crippen LogP contribution < -0.4 is 5.32 Å². The van der Waals surface area contributed by atoms with Gasteiger partial charge in [-0.3, -0.25) is 4.99 Å². The molecule has 0 aromatic rings. The molecule has 6 heteroatoms. The molecular weight excluding hydrogens is 417 g/mol. The average Bonchev–Trinajstić information content (AvgIpc) is 3.17. The predicted molar refractivity (Wildman–Crippen MR) is 108 cm³/mol. The lowest BCUT2D eigenvalue weighted by molar-refractivity contribution is 0.00704. The van der Waals surface area contributed by atoms with Crippen LogP contribution in [0.25, 0.3) is 0 Å². The van der Waals surface area contributed by atoms with Gasteiger partial charge in [-0.2, -0.15) is 0 Å². The van der Waals surface area contributed by atoms with E-state index in [0.29, 0.717) is 5.41 Å². The van der Waals surface area contributed by atoms with Crippen LogP contribution in [0, 0.1) is 10.8 Å². The smallest absolute Gasteiger partial charge is 0.193 e. The normalized spacial score (nSPS) is 36.9.